The zero-order valence-corrected chi connectivity index (χ0v) is 10.5. The lowest BCUT2D eigenvalue weighted by molar-refractivity contribution is 0.360. The van der Waals surface area contributed by atoms with Crippen molar-refractivity contribution in [3.63, 3.8) is 0 Å². The first-order valence-electron chi connectivity index (χ1n) is 5.80. The minimum absolute atomic E-state index is 0.369. The van der Waals surface area contributed by atoms with Crippen molar-refractivity contribution in [1.29, 1.82) is 0 Å². The van der Waals surface area contributed by atoms with Crippen molar-refractivity contribution >= 4 is 0 Å². The minimum atomic E-state index is 0.369. The van der Waals surface area contributed by atoms with Gasteiger partial charge < -0.3 is 0 Å². The number of rotatable bonds is 2. The molecule has 0 unspecified atom stereocenters. The molecule has 0 spiro atoms. The summed E-state index contributed by atoms with van der Waals surface area (Å²) in [4.78, 5) is 0. The molecule has 0 aromatic rings. The van der Waals surface area contributed by atoms with Crippen LogP contribution in [0.3, 0.4) is 0 Å². The summed E-state index contributed by atoms with van der Waals surface area (Å²) in [5.41, 5.74) is 4.60. The second-order valence-electron chi connectivity index (χ2n) is 5.23. The van der Waals surface area contributed by atoms with Crippen LogP contribution in [0.5, 0.6) is 0 Å². The van der Waals surface area contributed by atoms with Crippen LogP contribution in [0.25, 0.3) is 0 Å². The third-order valence-corrected chi connectivity index (χ3v) is 3.53. The molecule has 1 rings (SSSR count). The Labute approximate surface area is 94.5 Å². The van der Waals surface area contributed by atoms with Crippen LogP contribution < -0.4 is 0 Å². The van der Waals surface area contributed by atoms with E-state index < -0.39 is 0 Å². The van der Waals surface area contributed by atoms with E-state index in [-0.39, 0.29) is 0 Å². The SMILES string of the molecule is C#C/C(C)=C\CC1=C(C)CCCC1(C)C. The molecule has 0 fully saturated rings. The zero-order valence-electron chi connectivity index (χ0n) is 10.5. The fourth-order valence-electron chi connectivity index (χ4n) is 2.44. The Balaban J connectivity index is 2.87. The topological polar surface area (TPSA) is 0 Å². The summed E-state index contributed by atoms with van der Waals surface area (Å²) in [5, 5.41) is 0. The fourth-order valence-corrected chi connectivity index (χ4v) is 2.44. The Bertz CT molecular complexity index is 332. The molecule has 0 aromatic carbocycles. The molecule has 0 aliphatic heterocycles. The van der Waals surface area contributed by atoms with E-state index in [0.29, 0.717) is 5.41 Å². The van der Waals surface area contributed by atoms with E-state index in [2.05, 4.69) is 32.8 Å². The van der Waals surface area contributed by atoms with E-state index in [1.165, 1.54) is 19.3 Å². The largest absolute Gasteiger partial charge is 0.115 e. The molecule has 0 bridgehead atoms. The van der Waals surface area contributed by atoms with Crippen LogP contribution in [0.2, 0.25) is 0 Å². The maximum Gasteiger partial charge on any atom is -0.00501 e. The molecular weight excluding hydrogens is 180 g/mol. The third kappa shape index (κ3) is 2.99. The van der Waals surface area contributed by atoms with Crippen LogP contribution in [0.15, 0.2) is 22.8 Å². The summed E-state index contributed by atoms with van der Waals surface area (Å²) >= 11 is 0. The summed E-state index contributed by atoms with van der Waals surface area (Å²) in [6.07, 6.45) is 12.5. The van der Waals surface area contributed by atoms with Crippen LogP contribution in [-0.2, 0) is 0 Å². The number of hydrogen-bond acceptors (Lipinski definition) is 0. The highest BCUT2D eigenvalue weighted by atomic mass is 14.3. The predicted molar refractivity (Wildman–Crippen MR) is 67.5 cm³/mol. The van der Waals surface area contributed by atoms with E-state index in [4.69, 9.17) is 6.42 Å². The van der Waals surface area contributed by atoms with Gasteiger partial charge in [0, 0.05) is 0 Å². The highest BCUT2D eigenvalue weighted by Crippen LogP contribution is 2.41. The minimum Gasteiger partial charge on any atom is -0.115 e. The molecule has 0 saturated heterocycles. The van der Waals surface area contributed by atoms with Crippen LogP contribution in [0.4, 0.5) is 0 Å². The Hall–Kier alpha value is -0.960. The van der Waals surface area contributed by atoms with Crippen molar-refractivity contribution in [1.82, 2.24) is 0 Å². The van der Waals surface area contributed by atoms with Gasteiger partial charge in [-0.15, -0.1) is 6.42 Å². The van der Waals surface area contributed by atoms with E-state index in [1.807, 2.05) is 6.92 Å². The second-order valence-corrected chi connectivity index (χ2v) is 5.23. The zero-order chi connectivity index (χ0) is 11.5. The molecule has 0 N–H and O–H groups in total. The average molecular weight is 202 g/mol. The van der Waals surface area contributed by atoms with Crippen LogP contribution >= 0.6 is 0 Å². The number of terminal acetylenes is 1. The summed E-state index contributed by atoms with van der Waals surface area (Å²) in [6.45, 7) is 8.98. The summed E-state index contributed by atoms with van der Waals surface area (Å²) in [7, 11) is 0. The maximum absolute atomic E-state index is 5.36. The molecule has 0 nitrogen and oxygen atoms in total. The first-order chi connectivity index (χ1) is 6.97. The molecule has 0 radical (unpaired) electrons. The summed E-state index contributed by atoms with van der Waals surface area (Å²) < 4.78 is 0. The Morgan fingerprint density at radius 2 is 2.20 bits per heavy atom. The van der Waals surface area contributed by atoms with Crippen LogP contribution in [0, 0.1) is 17.8 Å². The highest BCUT2D eigenvalue weighted by Gasteiger charge is 2.27. The summed E-state index contributed by atoms with van der Waals surface area (Å²) in [5.74, 6) is 2.69. The highest BCUT2D eigenvalue weighted by molar-refractivity contribution is 5.29. The van der Waals surface area contributed by atoms with Crippen molar-refractivity contribution in [2.75, 3.05) is 0 Å². The van der Waals surface area contributed by atoms with Gasteiger partial charge in [0.25, 0.3) is 0 Å². The number of allylic oxidation sites excluding steroid dienone is 4. The van der Waals surface area contributed by atoms with E-state index in [1.54, 1.807) is 11.1 Å². The lowest BCUT2D eigenvalue weighted by atomic mass is 9.71. The van der Waals surface area contributed by atoms with E-state index in [9.17, 15) is 0 Å². The lowest BCUT2D eigenvalue weighted by Crippen LogP contribution is -2.20. The van der Waals surface area contributed by atoms with Gasteiger partial charge in [0.05, 0.1) is 0 Å². The molecule has 0 heterocycles. The molecule has 0 amide bonds. The predicted octanol–water partition coefficient (Wildman–Crippen LogP) is 4.48. The molecule has 0 atom stereocenters. The van der Waals surface area contributed by atoms with Crippen molar-refractivity contribution in [3.8, 4) is 12.3 Å². The quantitative estimate of drug-likeness (QED) is 0.457. The molecule has 0 heteroatoms. The van der Waals surface area contributed by atoms with Crippen LogP contribution in [0.1, 0.15) is 53.4 Å². The Morgan fingerprint density at radius 3 is 2.73 bits per heavy atom. The van der Waals surface area contributed by atoms with Crippen molar-refractivity contribution < 1.29 is 0 Å². The van der Waals surface area contributed by atoms with Gasteiger partial charge >= 0.3 is 0 Å². The van der Waals surface area contributed by atoms with Gasteiger partial charge in [0.15, 0.2) is 0 Å². The third-order valence-electron chi connectivity index (χ3n) is 3.53. The van der Waals surface area contributed by atoms with Crippen LogP contribution in [-0.4, -0.2) is 0 Å². The van der Waals surface area contributed by atoms with Crippen molar-refractivity contribution in [2.45, 2.75) is 53.4 Å². The molecule has 1 aliphatic rings. The summed E-state index contributed by atoms with van der Waals surface area (Å²) in [6, 6.07) is 0. The van der Waals surface area contributed by atoms with Gasteiger partial charge in [0.2, 0.25) is 0 Å². The van der Waals surface area contributed by atoms with Crippen molar-refractivity contribution in [2.24, 2.45) is 5.41 Å². The maximum atomic E-state index is 5.36. The first-order valence-corrected chi connectivity index (χ1v) is 5.80. The fraction of sp³-hybridized carbons (Fsp3) is 0.600. The van der Waals surface area contributed by atoms with Gasteiger partial charge in [-0.25, -0.2) is 0 Å². The van der Waals surface area contributed by atoms with E-state index in [0.717, 1.165) is 12.0 Å². The van der Waals surface area contributed by atoms with E-state index >= 15 is 0 Å². The van der Waals surface area contributed by atoms with Gasteiger partial charge in [-0.3, -0.25) is 0 Å². The molecule has 1 aliphatic carbocycles. The molecule has 15 heavy (non-hydrogen) atoms. The van der Waals surface area contributed by atoms with Gasteiger partial charge in [-0.2, -0.15) is 0 Å². The first kappa shape index (κ1) is 12.1. The Morgan fingerprint density at radius 1 is 1.53 bits per heavy atom. The van der Waals surface area contributed by atoms with Gasteiger partial charge in [-0.05, 0) is 50.5 Å². The average Bonchev–Trinajstić information content (AvgIpc) is 2.15. The smallest absolute Gasteiger partial charge is 0.00501 e. The lowest BCUT2D eigenvalue weighted by Gasteiger charge is -2.34. The molecular formula is C15H22. The monoisotopic (exact) mass is 202 g/mol. The van der Waals surface area contributed by atoms with Crippen molar-refractivity contribution in [3.05, 3.63) is 22.8 Å². The molecule has 82 valence electrons. The van der Waals surface area contributed by atoms with Gasteiger partial charge in [0.1, 0.15) is 0 Å². The van der Waals surface area contributed by atoms with Gasteiger partial charge in [-0.1, -0.05) is 37.0 Å². The molecule has 0 aromatic heterocycles. The Kier molecular flexibility index (Phi) is 3.80. The molecule has 0 saturated carbocycles. The normalized spacial score (nSPS) is 21.4. The second kappa shape index (κ2) is 4.71. The standard InChI is InChI=1S/C15H22/c1-6-12(2)9-10-14-13(3)8-7-11-15(14,4)5/h1,9H,7-8,10-11H2,2-5H3/b12-9-. The number of hydrogen-bond donors (Lipinski definition) is 0.